The molecule has 1 aliphatic carbocycles. The van der Waals surface area contributed by atoms with Crippen molar-refractivity contribution in [2.45, 2.75) is 34.2 Å². The van der Waals surface area contributed by atoms with Crippen LogP contribution in [-0.2, 0) is 4.79 Å². The van der Waals surface area contributed by atoms with E-state index in [1.807, 2.05) is 6.08 Å². The Morgan fingerprint density at radius 3 is 2.95 bits per heavy atom. The fourth-order valence-electron chi connectivity index (χ4n) is 3.86. The fraction of sp³-hybridized carbons (Fsp3) is 0.667. The lowest BCUT2D eigenvalue weighted by molar-refractivity contribution is -0.122. The van der Waals surface area contributed by atoms with Crippen LogP contribution >= 0.6 is 22.6 Å². The number of urea groups is 1. The predicted octanol–water partition coefficient (Wildman–Crippen LogP) is -1.03. The second kappa shape index (κ2) is 3.79. The summed E-state index contributed by atoms with van der Waals surface area (Å²) in [6.45, 7) is 0.783. The van der Waals surface area contributed by atoms with Crippen molar-refractivity contribution in [1.82, 2.24) is 20.4 Å². The van der Waals surface area contributed by atoms with Gasteiger partial charge in [0, 0.05) is 23.9 Å². The Morgan fingerprint density at radius 1 is 1.45 bits per heavy atom. The maximum atomic E-state index is 12.2. The summed E-state index contributed by atoms with van der Waals surface area (Å²) in [6.07, 6.45) is 2.41. The van der Waals surface area contributed by atoms with Gasteiger partial charge in [0.1, 0.15) is 6.04 Å². The number of piperazine rings is 1. The molecule has 0 spiro atoms. The molecule has 5 atom stereocenters. The van der Waals surface area contributed by atoms with E-state index in [9.17, 15) is 14.7 Å². The summed E-state index contributed by atoms with van der Waals surface area (Å²) in [5.41, 5.74) is -0.526. The third-order valence-corrected chi connectivity index (χ3v) is 5.65. The third kappa shape index (κ3) is 1.38. The second-order valence-electron chi connectivity index (χ2n) is 5.86. The van der Waals surface area contributed by atoms with Crippen molar-refractivity contribution in [3.8, 4) is 0 Å². The van der Waals surface area contributed by atoms with Crippen molar-refractivity contribution in [2.75, 3.05) is 13.6 Å². The van der Waals surface area contributed by atoms with Crippen LogP contribution in [0, 0.1) is 0 Å². The summed E-state index contributed by atoms with van der Waals surface area (Å²) in [7, 11) is 1.59. The van der Waals surface area contributed by atoms with Gasteiger partial charge in [0.05, 0.1) is 17.8 Å². The van der Waals surface area contributed by atoms with Crippen LogP contribution in [0.4, 0.5) is 4.79 Å². The molecule has 108 valence electrons. The molecule has 0 aromatic rings. The van der Waals surface area contributed by atoms with Gasteiger partial charge in [-0.25, -0.2) is 4.79 Å². The van der Waals surface area contributed by atoms with Crippen molar-refractivity contribution >= 4 is 34.5 Å². The normalized spacial score (nSPS) is 45.6. The van der Waals surface area contributed by atoms with Gasteiger partial charge < -0.3 is 20.6 Å². The smallest absolute Gasteiger partial charge is 0.319 e. The molecule has 0 bridgehead atoms. The number of fused-ring (bicyclic) bond motifs is 5. The van der Waals surface area contributed by atoms with Gasteiger partial charge in [-0.3, -0.25) is 9.69 Å². The van der Waals surface area contributed by atoms with Gasteiger partial charge >= 0.3 is 6.03 Å². The van der Waals surface area contributed by atoms with Crippen LogP contribution in [-0.4, -0.2) is 68.2 Å². The van der Waals surface area contributed by atoms with E-state index >= 15 is 0 Å². The van der Waals surface area contributed by atoms with E-state index < -0.39 is 11.8 Å². The molecular formula is C12H15IN4O3. The van der Waals surface area contributed by atoms with Crippen molar-refractivity contribution in [3.63, 3.8) is 0 Å². The fourth-order valence-corrected chi connectivity index (χ4v) is 4.63. The lowest BCUT2D eigenvalue weighted by atomic mass is 10.0. The lowest BCUT2D eigenvalue weighted by Gasteiger charge is -2.39. The first kappa shape index (κ1) is 12.7. The quantitative estimate of drug-likeness (QED) is 0.365. The minimum atomic E-state index is -1.22. The molecule has 1 unspecified atom stereocenters. The van der Waals surface area contributed by atoms with Crippen LogP contribution in [0.2, 0.25) is 0 Å². The first-order valence-electron chi connectivity index (χ1n) is 6.62. The van der Waals surface area contributed by atoms with Crippen LogP contribution in [0.1, 0.15) is 6.42 Å². The third-order valence-electron chi connectivity index (χ3n) is 4.90. The maximum Gasteiger partial charge on any atom is 0.319 e. The molecule has 3 fully saturated rings. The minimum absolute atomic E-state index is 0.0248. The molecule has 4 rings (SSSR count). The molecule has 20 heavy (non-hydrogen) atoms. The van der Waals surface area contributed by atoms with Crippen LogP contribution < -0.4 is 10.6 Å². The Morgan fingerprint density at radius 2 is 2.20 bits per heavy atom. The highest BCUT2D eigenvalue weighted by Gasteiger charge is 2.64. The van der Waals surface area contributed by atoms with E-state index in [-0.39, 0.29) is 24.0 Å². The Balaban J connectivity index is 1.72. The van der Waals surface area contributed by atoms with Crippen LogP contribution in [0.3, 0.4) is 0 Å². The summed E-state index contributed by atoms with van der Waals surface area (Å²) in [4.78, 5) is 27.4. The minimum Gasteiger partial charge on any atom is -0.368 e. The highest BCUT2D eigenvalue weighted by Crippen LogP contribution is 2.43. The van der Waals surface area contributed by atoms with Crippen LogP contribution in [0.5, 0.6) is 0 Å². The number of hydrogen-bond acceptors (Lipinski definition) is 4. The largest absolute Gasteiger partial charge is 0.368 e. The molecule has 0 aromatic carbocycles. The number of rotatable bonds is 0. The molecule has 0 radical (unpaired) electrons. The Hall–Kier alpha value is -1.03. The number of carbonyl (C=O) groups is 2. The van der Waals surface area contributed by atoms with Crippen LogP contribution in [0.25, 0.3) is 0 Å². The van der Waals surface area contributed by atoms with E-state index in [0.29, 0.717) is 16.0 Å². The van der Waals surface area contributed by atoms with Gasteiger partial charge in [0.25, 0.3) is 5.91 Å². The molecule has 3 N–H and O–H groups in total. The Bertz CT molecular complexity index is 553. The number of aliphatic hydroxyl groups is 1. The zero-order chi connectivity index (χ0) is 14.2. The van der Waals surface area contributed by atoms with Gasteiger partial charge in [0.15, 0.2) is 5.72 Å². The van der Waals surface area contributed by atoms with E-state index in [0.717, 1.165) is 6.54 Å². The van der Waals surface area contributed by atoms with Gasteiger partial charge in [-0.1, -0.05) is 22.6 Å². The first-order valence-corrected chi connectivity index (χ1v) is 7.86. The number of likely N-dealkylation sites (N-methyl/N-ethyl adjacent to an activating group) is 1. The Kier molecular flexibility index (Phi) is 2.40. The zero-order valence-corrected chi connectivity index (χ0v) is 13.0. The number of halogens is 1. The standard InChI is InChI=1S/C12H15IN4O3/c1-16-11(19)15-9-8-7(3-12(9,16)20)17-4-5(13)2-6(17)10(18)14-8/h2,5,7-9,20H,3-4H2,1H3,(H,14,18)(H,15,19)/t5?,7-,8-,9+,12+/m1/s1. The van der Waals surface area contributed by atoms with Crippen molar-refractivity contribution in [1.29, 1.82) is 0 Å². The molecule has 3 heterocycles. The number of carbonyl (C=O) groups excluding carboxylic acids is 2. The molecule has 2 saturated heterocycles. The van der Waals surface area contributed by atoms with E-state index in [1.165, 1.54) is 4.90 Å². The van der Waals surface area contributed by atoms with Gasteiger partial charge in [-0.15, -0.1) is 0 Å². The van der Waals surface area contributed by atoms with E-state index in [2.05, 4.69) is 38.1 Å². The van der Waals surface area contributed by atoms with Gasteiger partial charge in [-0.2, -0.15) is 0 Å². The van der Waals surface area contributed by atoms with Crippen molar-refractivity contribution in [3.05, 3.63) is 11.8 Å². The number of nitrogens with one attached hydrogen (secondary N) is 2. The monoisotopic (exact) mass is 390 g/mol. The van der Waals surface area contributed by atoms with Gasteiger partial charge in [-0.05, 0) is 6.08 Å². The number of amides is 3. The summed E-state index contributed by atoms with van der Waals surface area (Å²) in [6, 6.07) is -0.972. The highest BCUT2D eigenvalue weighted by molar-refractivity contribution is 14.1. The molecule has 3 amide bonds. The molecule has 8 heteroatoms. The molecule has 3 aliphatic heterocycles. The molecule has 1 saturated carbocycles. The average Bonchev–Trinajstić information content (AvgIpc) is 2.96. The molecule has 7 nitrogen and oxygen atoms in total. The summed E-state index contributed by atoms with van der Waals surface area (Å²) in [5, 5.41) is 16.6. The van der Waals surface area contributed by atoms with Gasteiger partial charge in [0.2, 0.25) is 0 Å². The van der Waals surface area contributed by atoms with E-state index in [1.54, 1.807) is 7.05 Å². The molecular weight excluding hydrogens is 375 g/mol. The SMILES string of the molecule is CN1C(=O)N[C@H]2[C@@H]3NC(=O)C4=CC(I)CN4[C@@H]3C[C@]21O. The number of hydrogen-bond donors (Lipinski definition) is 3. The average molecular weight is 390 g/mol. The lowest BCUT2D eigenvalue weighted by Crippen LogP contribution is -2.61. The second-order valence-corrected chi connectivity index (χ2v) is 7.46. The highest BCUT2D eigenvalue weighted by atomic mass is 127. The summed E-state index contributed by atoms with van der Waals surface area (Å²) in [5.74, 6) is -0.113. The topological polar surface area (TPSA) is 84.9 Å². The molecule has 0 aromatic heterocycles. The predicted molar refractivity (Wildman–Crippen MR) is 78.0 cm³/mol. The maximum absolute atomic E-state index is 12.2. The molecule has 4 aliphatic rings. The van der Waals surface area contributed by atoms with Crippen molar-refractivity contribution < 1.29 is 14.7 Å². The Labute approximate surface area is 129 Å². The summed E-state index contributed by atoms with van der Waals surface area (Å²) >= 11 is 2.30. The summed E-state index contributed by atoms with van der Waals surface area (Å²) < 4.78 is 0.300. The van der Waals surface area contributed by atoms with E-state index in [4.69, 9.17) is 0 Å². The first-order chi connectivity index (χ1) is 9.41. The van der Waals surface area contributed by atoms with Crippen molar-refractivity contribution in [2.24, 2.45) is 0 Å². The number of alkyl halides is 1. The number of nitrogens with zero attached hydrogens (tertiary/aromatic N) is 2. The zero-order valence-electron chi connectivity index (χ0n) is 10.8. The van der Waals surface area contributed by atoms with Crippen LogP contribution in [0.15, 0.2) is 11.8 Å².